The van der Waals surface area contributed by atoms with Crippen LogP contribution < -0.4 is 5.14 Å². The van der Waals surface area contributed by atoms with E-state index in [4.69, 9.17) is 9.92 Å². The quantitative estimate of drug-likeness (QED) is 0.571. The Morgan fingerprint density at radius 3 is 2.36 bits per heavy atom. The molecule has 11 heavy (non-hydrogen) atoms. The highest BCUT2D eigenvalue weighted by Crippen LogP contribution is 2.14. The number of hydrogen-bond acceptors (Lipinski definition) is 3. The van der Waals surface area contributed by atoms with Gasteiger partial charge in [0, 0.05) is 0 Å². The Kier molecular flexibility index (Phi) is 1.73. The molecule has 1 heterocycles. The third kappa shape index (κ3) is 1.41. The van der Waals surface area contributed by atoms with Crippen molar-refractivity contribution in [3.63, 3.8) is 0 Å². The van der Waals surface area contributed by atoms with Crippen molar-refractivity contribution in [3.05, 3.63) is 11.4 Å². The first-order chi connectivity index (χ1) is 4.93. The van der Waals surface area contributed by atoms with Gasteiger partial charge in [0.15, 0.2) is 0 Å². The molecule has 0 fully saturated rings. The van der Waals surface area contributed by atoms with Gasteiger partial charge in [-0.1, -0.05) is 0 Å². The topological polar surface area (TPSA) is 95.6 Å². The van der Waals surface area contributed by atoms with E-state index in [9.17, 15) is 4.21 Å². The number of aromatic nitrogens is 2. The van der Waals surface area contributed by atoms with E-state index in [1.54, 1.807) is 13.8 Å². The molecule has 0 aliphatic heterocycles. The van der Waals surface area contributed by atoms with Crippen molar-refractivity contribution in [1.82, 2.24) is 10.2 Å². The minimum absolute atomic E-state index is 0.317. The Bertz CT molecular complexity index is 344. The van der Waals surface area contributed by atoms with Gasteiger partial charge < -0.3 is 0 Å². The van der Waals surface area contributed by atoms with Crippen LogP contribution in [0.4, 0.5) is 0 Å². The summed E-state index contributed by atoms with van der Waals surface area (Å²) in [6.45, 7) is 3.36. The van der Waals surface area contributed by atoms with Gasteiger partial charge in [-0.3, -0.25) is 5.10 Å². The van der Waals surface area contributed by atoms with Crippen LogP contribution >= 0.6 is 0 Å². The Morgan fingerprint density at radius 1 is 1.64 bits per heavy atom. The number of aryl methyl sites for hydroxylation is 2. The van der Waals surface area contributed by atoms with Gasteiger partial charge in [-0.05, 0) is 13.8 Å². The first-order valence-electron chi connectivity index (χ1n) is 3.01. The van der Waals surface area contributed by atoms with Crippen molar-refractivity contribution in [2.45, 2.75) is 18.7 Å². The van der Waals surface area contributed by atoms with Crippen molar-refractivity contribution in [3.8, 4) is 0 Å². The fourth-order valence-electron chi connectivity index (χ4n) is 0.987. The largest absolute Gasteiger partial charge is 0.281 e. The van der Waals surface area contributed by atoms with Gasteiger partial charge in [0.25, 0.3) is 0 Å². The number of nitrogens with one attached hydrogen (secondary N) is 2. The van der Waals surface area contributed by atoms with Gasteiger partial charge >= 0.3 is 0 Å². The summed E-state index contributed by atoms with van der Waals surface area (Å²) in [5, 5.41) is 11.5. The molecule has 0 aromatic carbocycles. The van der Waals surface area contributed by atoms with E-state index in [1.165, 1.54) is 0 Å². The number of rotatable bonds is 1. The predicted molar refractivity (Wildman–Crippen MR) is 41.4 cm³/mol. The second-order valence-electron chi connectivity index (χ2n) is 2.36. The molecule has 0 amide bonds. The second kappa shape index (κ2) is 2.31. The number of nitrogens with zero attached hydrogens (tertiary/aromatic N) is 1. The first kappa shape index (κ1) is 8.22. The Balaban J connectivity index is 3.45. The predicted octanol–water partition coefficient (Wildman–Crippen LogP) is 0.306. The summed E-state index contributed by atoms with van der Waals surface area (Å²) in [6.07, 6.45) is 0. The fraction of sp³-hybridized carbons (Fsp3) is 0.400. The molecule has 5 nitrogen and oxygen atoms in total. The summed E-state index contributed by atoms with van der Waals surface area (Å²) < 4.78 is 18.2. The minimum atomic E-state index is -3.11. The smallest absolute Gasteiger partial charge is 0.135 e. The van der Waals surface area contributed by atoms with Crippen LogP contribution in [0.1, 0.15) is 11.4 Å². The van der Waals surface area contributed by atoms with Crippen molar-refractivity contribution >= 4 is 9.92 Å². The number of aromatic amines is 1. The average molecular weight is 174 g/mol. The molecule has 1 unspecified atom stereocenters. The third-order valence-electron chi connectivity index (χ3n) is 1.36. The molecule has 0 aliphatic carbocycles. The zero-order valence-electron chi connectivity index (χ0n) is 6.34. The molecule has 1 atom stereocenters. The van der Waals surface area contributed by atoms with Crippen LogP contribution in [0, 0.1) is 18.6 Å². The minimum Gasteiger partial charge on any atom is -0.281 e. The lowest BCUT2D eigenvalue weighted by Crippen LogP contribution is -2.11. The van der Waals surface area contributed by atoms with Crippen LogP contribution in [0.2, 0.25) is 0 Å². The van der Waals surface area contributed by atoms with E-state index in [0.717, 1.165) is 0 Å². The summed E-state index contributed by atoms with van der Waals surface area (Å²) in [6, 6.07) is 0. The van der Waals surface area contributed by atoms with Crippen molar-refractivity contribution < 1.29 is 4.21 Å². The lowest BCUT2D eigenvalue weighted by molar-refractivity contribution is 0.675. The zero-order chi connectivity index (χ0) is 8.65. The van der Waals surface area contributed by atoms with E-state index in [2.05, 4.69) is 10.2 Å². The van der Waals surface area contributed by atoms with E-state index < -0.39 is 9.92 Å². The summed E-state index contributed by atoms with van der Waals surface area (Å²) in [4.78, 5) is 0.317. The lowest BCUT2D eigenvalue weighted by Gasteiger charge is -1.98. The molecular formula is C5H10N4OS. The van der Waals surface area contributed by atoms with E-state index in [0.29, 0.717) is 16.3 Å². The highest BCUT2D eigenvalue weighted by atomic mass is 32.2. The molecule has 0 bridgehead atoms. The van der Waals surface area contributed by atoms with E-state index >= 15 is 0 Å². The molecule has 4 N–H and O–H groups in total. The lowest BCUT2D eigenvalue weighted by atomic mass is 10.4. The van der Waals surface area contributed by atoms with Gasteiger partial charge in [0.2, 0.25) is 0 Å². The highest BCUT2D eigenvalue weighted by Gasteiger charge is 2.13. The van der Waals surface area contributed by atoms with Crippen molar-refractivity contribution in [2.75, 3.05) is 0 Å². The van der Waals surface area contributed by atoms with Crippen LogP contribution in [0.5, 0.6) is 0 Å². The second-order valence-corrected chi connectivity index (χ2v) is 3.97. The van der Waals surface area contributed by atoms with Gasteiger partial charge in [0.1, 0.15) is 14.8 Å². The van der Waals surface area contributed by atoms with Crippen LogP contribution in [-0.2, 0) is 9.92 Å². The molecule has 0 radical (unpaired) electrons. The summed E-state index contributed by atoms with van der Waals surface area (Å²) in [7, 11) is -3.11. The molecule has 0 aliphatic rings. The SMILES string of the molecule is Cc1n[nH]c(C)c1S(=N)(N)=O. The molecule has 1 aromatic rings. The number of H-pyrrole nitrogens is 1. The van der Waals surface area contributed by atoms with Crippen LogP contribution in [0.25, 0.3) is 0 Å². The van der Waals surface area contributed by atoms with Crippen molar-refractivity contribution in [2.24, 2.45) is 5.14 Å². The normalized spacial score (nSPS) is 16.3. The molecular weight excluding hydrogens is 164 g/mol. The van der Waals surface area contributed by atoms with E-state index in [1.807, 2.05) is 0 Å². The van der Waals surface area contributed by atoms with Crippen LogP contribution in [0.3, 0.4) is 0 Å². The number of hydrogen-bond donors (Lipinski definition) is 3. The summed E-state index contributed by atoms with van der Waals surface area (Å²) >= 11 is 0. The molecule has 6 heteroatoms. The highest BCUT2D eigenvalue weighted by molar-refractivity contribution is 7.90. The van der Waals surface area contributed by atoms with Crippen LogP contribution in [-0.4, -0.2) is 14.4 Å². The van der Waals surface area contributed by atoms with Crippen LogP contribution in [0.15, 0.2) is 4.90 Å². The van der Waals surface area contributed by atoms with Gasteiger partial charge in [-0.25, -0.2) is 14.1 Å². The fourth-order valence-corrected chi connectivity index (χ4v) is 1.97. The standard InChI is InChI=1S/C5H10N4OS/c1-3-5(11(6,7)10)4(2)9-8-3/h1-2H3,(H,8,9)(H3,6,7,10). The maximum Gasteiger partial charge on any atom is 0.135 e. The van der Waals surface area contributed by atoms with E-state index in [-0.39, 0.29) is 0 Å². The Morgan fingerprint density at radius 2 is 2.18 bits per heavy atom. The monoisotopic (exact) mass is 174 g/mol. The molecule has 0 saturated carbocycles. The van der Waals surface area contributed by atoms with Gasteiger partial charge in [0.05, 0.1) is 11.4 Å². The Labute approximate surface area is 65.1 Å². The number of nitrogens with two attached hydrogens (primary N) is 1. The Hall–Kier alpha value is -0.880. The molecule has 0 saturated heterocycles. The summed E-state index contributed by atoms with van der Waals surface area (Å²) in [5.41, 5.74) is 1.13. The van der Waals surface area contributed by atoms with Gasteiger partial charge in [-0.2, -0.15) is 5.10 Å². The van der Waals surface area contributed by atoms with Crippen molar-refractivity contribution in [1.29, 1.82) is 4.78 Å². The molecule has 1 aromatic heterocycles. The maximum absolute atomic E-state index is 11.1. The zero-order valence-corrected chi connectivity index (χ0v) is 7.16. The molecule has 62 valence electrons. The summed E-state index contributed by atoms with van der Waals surface area (Å²) in [5.74, 6) is 0. The molecule has 1 rings (SSSR count). The average Bonchev–Trinajstić information content (AvgIpc) is 2.08. The third-order valence-corrected chi connectivity index (χ3v) is 2.57. The first-order valence-corrected chi connectivity index (χ1v) is 4.63. The molecule has 0 spiro atoms. The van der Waals surface area contributed by atoms with Gasteiger partial charge in [-0.15, -0.1) is 0 Å². The maximum atomic E-state index is 11.1.